The molecule has 19 heavy (non-hydrogen) atoms. The van der Waals surface area contributed by atoms with Gasteiger partial charge in [0.1, 0.15) is 11.3 Å². The molecular weight excluding hydrogens is 258 g/mol. The molecule has 0 aliphatic rings. The zero-order valence-electron chi connectivity index (χ0n) is 10.3. The number of aliphatic hydroxyl groups excluding tert-OH is 1. The first-order valence-electron chi connectivity index (χ1n) is 5.51. The number of ether oxygens (including phenoxy) is 1. The number of carbonyl (C=O) groups is 1. The molecule has 2 rings (SSSR count). The average Bonchev–Trinajstić information content (AvgIpc) is 2.80. The van der Waals surface area contributed by atoms with Gasteiger partial charge in [0.2, 0.25) is 0 Å². The molecule has 0 aliphatic heterocycles. The number of nitrogens with zero attached hydrogens (tertiary/aromatic N) is 2. The number of hydrogen-bond donors (Lipinski definition) is 1. The second-order valence-electron chi connectivity index (χ2n) is 4.05. The van der Waals surface area contributed by atoms with E-state index in [0.717, 1.165) is 6.20 Å². The highest BCUT2D eigenvalue weighted by Crippen LogP contribution is 2.24. The maximum atomic E-state index is 12.6. The quantitative estimate of drug-likeness (QED) is 0.868. The Hall–Kier alpha value is -2.02. The normalized spacial score (nSPS) is 12.9. The topological polar surface area (TPSA) is 63.8 Å². The molecule has 2 aromatic heterocycles. The molecule has 0 aliphatic carbocycles. The fraction of sp³-hybridized carbons (Fsp3) is 0.333. The Morgan fingerprint density at radius 1 is 1.47 bits per heavy atom. The maximum absolute atomic E-state index is 12.6. The Balaban J connectivity index is 2.68. The molecule has 0 aromatic carbocycles. The molecule has 2 aromatic rings. The van der Waals surface area contributed by atoms with E-state index in [9.17, 15) is 18.7 Å². The first-order valence-corrected chi connectivity index (χ1v) is 5.51. The van der Waals surface area contributed by atoms with E-state index in [1.165, 1.54) is 30.7 Å². The number of aromatic nitrogens is 2. The van der Waals surface area contributed by atoms with Crippen molar-refractivity contribution >= 4 is 11.6 Å². The van der Waals surface area contributed by atoms with Crippen LogP contribution in [0.4, 0.5) is 8.78 Å². The van der Waals surface area contributed by atoms with Crippen molar-refractivity contribution in [3.05, 3.63) is 35.3 Å². The van der Waals surface area contributed by atoms with Crippen molar-refractivity contribution in [2.24, 2.45) is 0 Å². The predicted octanol–water partition coefficient (Wildman–Crippen LogP) is 2.11. The van der Waals surface area contributed by atoms with E-state index in [1.54, 1.807) is 0 Å². The van der Waals surface area contributed by atoms with Crippen molar-refractivity contribution in [3.63, 3.8) is 0 Å². The van der Waals surface area contributed by atoms with Crippen LogP contribution in [0.5, 0.6) is 0 Å². The molecule has 0 saturated carbocycles. The summed E-state index contributed by atoms with van der Waals surface area (Å²) < 4.78 is 31.1. The summed E-state index contributed by atoms with van der Waals surface area (Å²) in [6, 6.07) is 1.38. The molecule has 0 radical (unpaired) electrons. The van der Waals surface area contributed by atoms with Crippen LogP contribution >= 0.6 is 0 Å². The first kappa shape index (κ1) is 13.4. The zero-order valence-corrected chi connectivity index (χ0v) is 10.3. The van der Waals surface area contributed by atoms with Gasteiger partial charge in [0, 0.05) is 18.0 Å². The summed E-state index contributed by atoms with van der Waals surface area (Å²) in [4.78, 5) is 15.2. The lowest BCUT2D eigenvalue weighted by molar-refractivity contribution is 0.0600. The number of halogens is 2. The number of aliphatic hydroxyl groups is 1. The second-order valence-corrected chi connectivity index (χ2v) is 4.05. The Kier molecular flexibility index (Phi) is 3.48. The van der Waals surface area contributed by atoms with Crippen LogP contribution in [0.25, 0.3) is 5.65 Å². The van der Waals surface area contributed by atoms with E-state index < -0.39 is 24.2 Å². The van der Waals surface area contributed by atoms with Crippen molar-refractivity contribution in [1.29, 1.82) is 0 Å². The third kappa shape index (κ3) is 2.41. The number of alkyl halides is 2. The highest BCUT2D eigenvalue weighted by molar-refractivity contribution is 5.89. The summed E-state index contributed by atoms with van der Waals surface area (Å²) in [7, 11) is 1.22. The number of fused-ring (bicyclic) bond motifs is 1. The summed E-state index contributed by atoms with van der Waals surface area (Å²) in [5.41, 5.74) is 0.223. The highest BCUT2D eigenvalue weighted by atomic mass is 19.3. The fourth-order valence-corrected chi connectivity index (χ4v) is 1.79. The summed E-state index contributed by atoms with van der Waals surface area (Å²) >= 11 is 0. The van der Waals surface area contributed by atoms with Gasteiger partial charge >= 0.3 is 5.97 Å². The van der Waals surface area contributed by atoms with Crippen molar-refractivity contribution < 1.29 is 23.4 Å². The number of esters is 1. The van der Waals surface area contributed by atoms with Crippen LogP contribution in [-0.4, -0.2) is 27.6 Å². The lowest BCUT2D eigenvalue weighted by Gasteiger charge is -2.09. The number of methoxy groups -OCH3 is 1. The Bertz CT molecular complexity index is 623. The molecule has 7 heteroatoms. The van der Waals surface area contributed by atoms with Gasteiger partial charge in [-0.3, -0.25) is 0 Å². The van der Waals surface area contributed by atoms with Gasteiger partial charge in [-0.1, -0.05) is 0 Å². The highest BCUT2D eigenvalue weighted by Gasteiger charge is 2.18. The molecule has 5 nitrogen and oxygen atoms in total. The minimum atomic E-state index is -2.72. The van der Waals surface area contributed by atoms with Gasteiger partial charge in [-0.15, -0.1) is 0 Å². The number of rotatable bonds is 3. The molecule has 0 amide bonds. The summed E-state index contributed by atoms with van der Waals surface area (Å²) in [5.74, 6) is -0.615. The van der Waals surface area contributed by atoms with Crippen LogP contribution in [0.15, 0.2) is 18.5 Å². The monoisotopic (exact) mass is 270 g/mol. The molecule has 102 valence electrons. The van der Waals surface area contributed by atoms with Gasteiger partial charge in [-0.2, -0.15) is 0 Å². The van der Waals surface area contributed by atoms with Crippen LogP contribution in [0.2, 0.25) is 0 Å². The number of imidazole rings is 1. The lowest BCUT2D eigenvalue weighted by Crippen LogP contribution is -2.06. The van der Waals surface area contributed by atoms with Gasteiger partial charge in [-0.25, -0.2) is 18.6 Å². The zero-order chi connectivity index (χ0) is 14.2. The van der Waals surface area contributed by atoms with E-state index in [1.807, 2.05) is 0 Å². The minimum Gasteiger partial charge on any atom is -0.465 e. The second kappa shape index (κ2) is 4.93. The van der Waals surface area contributed by atoms with Crippen molar-refractivity contribution in [2.75, 3.05) is 7.11 Å². The summed E-state index contributed by atoms with van der Waals surface area (Å²) in [6.07, 6.45) is -1.20. The Morgan fingerprint density at radius 2 is 2.16 bits per heavy atom. The van der Waals surface area contributed by atoms with Crippen LogP contribution in [0.1, 0.15) is 41.1 Å². The minimum absolute atomic E-state index is 0.157. The van der Waals surface area contributed by atoms with Crippen LogP contribution in [0, 0.1) is 0 Å². The number of carbonyl (C=O) groups excluding carboxylic acids is 1. The maximum Gasteiger partial charge on any atom is 0.339 e. The Labute approximate surface area is 107 Å². The third-order valence-corrected chi connectivity index (χ3v) is 2.69. The van der Waals surface area contributed by atoms with Crippen LogP contribution < -0.4 is 0 Å². The largest absolute Gasteiger partial charge is 0.465 e. The molecule has 0 fully saturated rings. The van der Waals surface area contributed by atoms with Crippen LogP contribution in [0.3, 0.4) is 0 Å². The molecule has 1 atom stereocenters. The number of hydrogen-bond acceptors (Lipinski definition) is 4. The van der Waals surface area contributed by atoms with Gasteiger partial charge in [0.25, 0.3) is 6.43 Å². The molecule has 1 unspecified atom stereocenters. The van der Waals surface area contributed by atoms with Gasteiger partial charge in [-0.05, 0) is 13.0 Å². The molecule has 0 spiro atoms. The van der Waals surface area contributed by atoms with E-state index >= 15 is 0 Å². The van der Waals surface area contributed by atoms with Gasteiger partial charge < -0.3 is 14.2 Å². The summed E-state index contributed by atoms with van der Waals surface area (Å²) in [6.45, 7) is 1.47. The van der Waals surface area contributed by atoms with E-state index in [2.05, 4.69) is 9.72 Å². The third-order valence-electron chi connectivity index (χ3n) is 2.69. The molecule has 0 bridgehead atoms. The standard InChI is InChI=1S/C12H12F2N2O3/c1-6(17)8-3-7(12(18)19-2)4-16-5-9(10(13)14)15-11(8)16/h3-6,10,17H,1-2H3. The van der Waals surface area contributed by atoms with Crippen molar-refractivity contribution in [3.8, 4) is 0 Å². The smallest absolute Gasteiger partial charge is 0.339 e. The molecule has 1 N–H and O–H groups in total. The summed E-state index contributed by atoms with van der Waals surface area (Å²) in [5, 5.41) is 9.66. The van der Waals surface area contributed by atoms with E-state index in [0.29, 0.717) is 0 Å². The average molecular weight is 270 g/mol. The van der Waals surface area contributed by atoms with Crippen molar-refractivity contribution in [2.45, 2.75) is 19.5 Å². The van der Waals surface area contributed by atoms with E-state index in [4.69, 9.17) is 0 Å². The first-order chi connectivity index (χ1) is 8.93. The SMILES string of the molecule is COC(=O)c1cc(C(C)O)c2nc(C(F)F)cn2c1. The predicted molar refractivity (Wildman–Crippen MR) is 62.1 cm³/mol. The van der Waals surface area contributed by atoms with Crippen LogP contribution in [-0.2, 0) is 4.74 Å². The van der Waals surface area contributed by atoms with Crippen molar-refractivity contribution in [1.82, 2.24) is 9.38 Å². The van der Waals surface area contributed by atoms with Gasteiger partial charge in [0.05, 0.1) is 18.8 Å². The van der Waals surface area contributed by atoms with E-state index in [-0.39, 0.29) is 16.8 Å². The van der Waals surface area contributed by atoms with Gasteiger partial charge in [0.15, 0.2) is 0 Å². The Morgan fingerprint density at radius 3 is 2.68 bits per heavy atom. The molecule has 2 heterocycles. The lowest BCUT2D eigenvalue weighted by atomic mass is 10.1. The molecule has 0 saturated heterocycles. The number of pyridine rings is 1. The fourth-order valence-electron chi connectivity index (χ4n) is 1.79. The molecular formula is C12H12F2N2O3.